The van der Waals surface area contributed by atoms with Crippen LogP contribution in [-0.4, -0.2) is 31.2 Å². The number of carbonyl (C=O) groups is 2. The van der Waals surface area contributed by atoms with Gasteiger partial charge in [-0.25, -0.2) is 4.39 Å². The third-order valence-electron chi connectivity index (χ3n) is 4.21. The Morgan fingerprint density at radius 3 is 2.84 bits per heavy atom. The van der Waals surface area contributed by atoms with Crippen molar-refractivity contribution in [3.8, 4) is 11.5 Å². The lowest BCUT2D eigenvalue weighted by molar-refractivity contribution is -0.117. The highest BCUT2D eigenvalue weighted by molar-refractivity contribution is 5.99. The minimum atomic E-state index is -0.404. The van der Waals surface area contributed by atoms with Crippen molar-refractivity contribution in [1.82, 2.24) is 5.32 Å². The van der Waals surface area contributed by atoms with Crippen LogP contribution in [0.25, 0.3) is 0 Å². The second-order valence-electron chi connectivity index (χ2n) is 5.93. The van der Waals surface area contributed by atoms with E-state index in [0.29, 0.717) is 29.3 Å². The molecular weight excluding hydrogens is 327 g/mol. The lowest BCUT2D eigenvalue weighted by Gasteiger charge is -2.17. The number of nitrogens with one attached hydrogen (secondary N) is 1. The van der Waals surface area contributed by atoms with Gasteiger partial charge in [-0.1, -0.05) is 6.07 Å². The molecule has 25 heavy (non-hydrogen) atoms. The molecule has 1 fully saturated rings. The number of hydrogen-bond donors (Lipinski definition) is 1. The van der Waals surface area contributed by atoms with Crippen LogP contribution in [-0.2, 0) is 4.79 Å². The molecule has 128 valence electrons. The first kappa shape index (κ1) is 15.4. The summed E-state index contributed by atoms with van der Waals surface area (Å²) in [6, 6.07) is 10.4. The second kappa shape index (κ2) is 6.08. The van der Waals surface area contributed by atoms with Crippen molar-refractivity contribution in [2.45, 2.75) is 12.5 Å². The molecule has 2 heterocycles. The van der Waals surface area contributed by atoms with E-state index in [2.05, 4.69) is 5.32 Å². The molecule has 0 unspecified atom stereocenters. The Kier molecular flexibility index (Phi) is 3.76. The molecule has 1 saturated heterocycles. The van der Waals surface area contributed by atoms with Crippen LogP contribution in [0.1, 0.15) is 16.8 Å². The van der Waals surface area contributed by atoms with Gasteiger partial charge in [-0.05, 0) is 36.4 Å². The molecule has 1 N–H and O–H groups in total. The van der Waals surface area contributed by atoms with E-state index >= 15 is 0 Å². The van der Waals surface area contributed by atoms with Crippen LogP contribution in [0.5, 0.6) is 11.5 Å². The summed E-state index contributed by atoms with van der Waals surface area (Å²) in [4.78, 5) is 26.1. The zero-order chi connectivity index (χ0) is 17.4. The molecule has 2 aliphatic rings. The van der Waals surface area contributed by atoms with Gasteiger partial charge in [-0.2, -0.15) is 0 Å². The fourth-order valence-electron chi connectivity index (χ4n) is 3.00. The van der Waals surface area contributed by atoms with Crippen LogP contribution < -0.4 is 19.7 Å². The van der Waals surface area contributed by atoms with Crippen molar-refractivity contribution >= 4 is 17.5 Å². The van der Waals surface area contributed by atoms with Gasteiger partial charge in [0.05, 0.1) is 6.04 Å². The Bertz CT molecular complexity index is 855. The van der Waals surface area contributed by atoms with Gasteiger partial charge in [0, 0.05) is 24.2 Å². The molecule has 2 amide bonds. The first-order valence-corrected chi connectivity index (χ1v) is 7.86. The Balaban J connectivity index is 1.45. The number of hydrogen-bond acceptors (Lipinski definition) is 4. The molecule has 6 nitrogen and oxygen atoms in total. The topological polar surface area (TPSA) is 67.9 Å². The van der Waals surface area contributed by atoms with Crippen molar-refractivity contribution in [3.63, 3.8) is 0 Å². The third-order valence-corrected chi connectivity index (χ3v) is 4.21. The molecule has 0 aliphatic carbocycles. The predicted molar refractivity (Wildman–Crippen MR) is 87.2 cm³/mol. The number of carbonyl (C=O) groups excluding carboxylic acids is 2. The standard InChI is InChI=1S/C18H15FN2O4/c19-12-2-1-3-14(7-12)21-9-13(8-17(21)22)20-18(23)11-4-5-15-16(6-11)25-10-24-15/h1-7,13H,8-10H2,(H,20,23)/t13-/m0/s1. The number of amides is 2. The van der Waals surface area contributed by atoms with Gasteiger partial charge < -0.3 is 19.7 Å². The quantitative estimate of drug-likeness (QED) is 0.927. The van der Waals surface area contributed by atoms with Crippen LogP contribution in [0, 0.1) is 5.82 Å². The van der Waals surface area contributed by atoms with Crippen molar-refractivity contribution in [3.05, 3.63) is 53.8 Å². The van der Waals surface area contributed by atoms with Crippen molar-refractivity contribution in [2.24, 2.45) is 0 Å². The van der Waals surface area contributed by atoms with E-state index in [1.165, 1.54) is 17.0 Å². The summed E-state index contributed by atoms with van der Waals surface area (Å²) < 4.78 is 23.8. The van der Waals surface area contributed by atoms with Gasteiger partial charge >= 0.3 is 0 Å². The van der Waals surface area contributed by atoms with E-state index in [0.717, 1.165) is 0 Å². The maximum Gasteiger partial charge on any atom is 0.251 e. The average Bonchev–Trinajstić information content (AvgIpc) is 3.20. The molecule has 2 aromatic carbocycles. The fourth-order valence-corrected chi connectivity index (χ4v) is 3.00. The fraction of sp³-hybridized carbons (Fsp3) is 0.222. The molecule has 4 rings (SSSR count). The van der Waals surface area contributed by atoms with Gasteiger partial charge in [0.1, 0.15) is 5.82 Å². The molecule has 2 aromatic rings. The highest BCUT2D eigenvalue weighted by Crippen LogP contribution is 2.32. The molecule has 0 aromatic heterocycles. The van der Waals surface area contributed by atoms with Gasteiger partial charge in [-0.15, -0.1) is 0 Å². The second-order valence-corrected chi connectivity index (χ2v) is 5.93. The van der Waals surface area contributed by atoms with Crippen LogP contribution in [0.15, 0.2) is 42.5 Å². The van der Waals surface area contributed by atoms with E-state index < -0.39 is 5.82 Å². The SMILES string of the molecule is O=C(N[C@H]1CC(=O)N(c2cccc(F)c2)C1)c1ccc2c(c1)OCO2. The first-order chi connectivity index (χ1) is 12.1. The summed E-state index contributed by atoms with van der Waals surface area (Å²) in [5.41, 5.74) is 0.922. The zero-order valence-electron chi connectivity index (χ0n) is 13.2. The van der Waals surface area contributed by atoms with Crippen LogP contribution >= 0.6 is 0 Å². The Morgan fingerprint density at radius 2 is 2.00 bits per heavy atom. The van der Waals surface area contributed by atoms with E-state index in [4.69, 9.17) is 9.47 Å². The first-order valence-electron chi connectivity index (χ1n) is 7.86. The Labute approximate surface area is 143 Å². The molecular formula is C18H15FN2O4. The van der Waals surface area contributed by atoms with Crippen LogP contribution in [0.4, 0.5) is 10.1 Å². The van der Waals surface area contributed by atoms with E-state index in [1.807, 2.05) is 0 Å². The number of halogens is 1. The lowest BCUT2D eigenvalue weighted by atomic mass is 10.1. The minimum absolute atomic E-state index is 0.139. The van der Waals surface area contributed by atoms with Crippen LogP contribution in [0.2, 0.25) is 0 Å². The highest BCUT2D eigenvalue weighted by Gasteiger charge is 2.32. The van der Waals surface area contributed by atoms with Gasteiger partial charge in [0.2, 0.25) is 12.7 Å². The Hall–Kier alpha value is -3.09. The number of anilines is 1. The molecule has 0 saturated carbocycles. The summed E-state index contributed by atoms with van der Waals surface area (Å²) in [6.45, 7) is 0.443. The molecule has 1 atom stereocenters. The van der Waals surface area contributed by atoms with E-state index in [-0.39, 0.29) is 31.1 Å². The number of nitrogens with zero attached hydrogens (tertiary/aromatic N) is 1. The number of rotatable bonds is 3. The molecule has 7 heteroatoms. The van der Waals surface area contributed by atoms with Crippen molar-refractivity contribution in [1.29, 1.82) is 0 Å². The van der Waals surface area contributed by atoms with E-state index in [1.54, 1.807) is 30.3 Å². The zero-order valence-corrected chi connectivity index (χ0v) is 13.2. The number of fused-ring (bicyclic) bond motifs is 1. The third kappa shape index (κ3) is 3.00. The van der Waals surface area contributed by atoms with Crippen molar-refractivity contribution < 1.29 is 23.5 Å². The summed E-state index contributed by atoms with van der Waals surface area (Å²) in [5.74, 6) is 0.276. The number of benzene rings is 2. The van der Waals surface area contributed by atoms with Crippen LogP contribution in [0.3, 0.4) is 0 Å². The smallest absolute Gasteiger partial charge is 0.251 e. The summed E-state index contributed by atoms with van der Waals surface area (Å²) in [5, 5.41) is 2.84. The summed E-state index contributed by atoms with van der Waals surface area (Å²) >= 11 is 0. The van der Waals surface area contributed by atoms with E-state index in [9.17, 15) is 14.0 Å². The van der Waals surface area contributed by atoms with Gasteiger partial charge in [-0.3, -0.25) is 9.59 Å². The van der Waals surface area contributed by atoms with Gasteiger partial charge in [0.25, 0.3) is 5.91 Å². The summed E-state index contributed by atoms with van der Waals surface area (Å²) in [6.07, 6.45) is 0.173. The normalized spacial score (nSPS) is 18.5. The largest absolute Gasteiger partial charge is 0.454 e. The predicted octanol–water partition coefficient (Wildman–Crippen LogP) is 2.09. The Morgan fingerprint density at radius 1 is 1.16 bits per heavy atom. The maximum atomic E-state index is 13.4. The van der Waals surface area contributed by atoms with Crippen molar-refractivity contribution in [2.75, 3.05) is 18.2 Å². The molecule has 0 bridgehead atoms. The summed E-state index contributed by atoms with van der Waals surface area (Å²) in [7, 11) is 0. The van der Waals surface area contributed by atoms with Gasteiger partial charge in [0.15, 0.2) is 11.5 Å². The minimum Gasteiger partial charge on any atom is -0.454 e. The monoisotopic (exact) mass is 342 g/mol. The highest BCUT2D eigenvalue weighted by atomic mass is 19.1. The maximum absolute atomic E-state index is 13.4. The average molecular weight is 342 g/mol. The molecule has 0 spiro atoms. The lowest BCUT2D eigenvalue weighted by Crippen LogP contribution is -2.37. The molecule has 2 aliphatic heterocycles. The number of ether oxygens (including phenoxy) is 2. The molecule has 0 radical (unpaired) electrons.